The smallest absolute Gasteiger partial charge is 0.175 e. The Morgan fingerprint density at radius 3 is 2.11 bits per heavy atom. The summed E-state index contributed by atoms with van der Waals surface area (Å²) in [7, 11) is 0. The van der Waals surface area contributed by atoms with E-state index in [2.05, 4.69) is 74.1 Å². The molecule has 0 atom stereocenters. The van der Waals surface area contributed by atoms with Crippen molar-refractivity contribution in [2.75, 3.05) is 47.4 Å². The largest absolute Gasteiger partial charge is 0.397 e. The second kappa shape index (κ2) is 11.2. The highest BCUT2D eigenvalue weighted by atomic mass is 32.1. The maximum Gasteiger partial charge on any atom is 0.175 e. The van der Waals surface area contributed by atoms with Gasteiger partial charge in [0.2, 0.25) is 0 Å². The van der Waals surface area contributed by atoms with Crippen LogP contribution in [0.25, 0.3) is 0 Å². The lowest BCUT2D eigenvalue weighted by atomic mass is 9.96. The maximum atomic E-state index is 15.3. The number of anilines is 4. The number of rotatable bonds is 6. The van der Waals surface area contributed by atoms with E-state index in [0.717, 1.165) is 13.1 Å². The van der Waals surface area contributed by atoms with E-state index in [1.165, 1.54) is 17.2 Å². The van der Waals surface area contributed by atoms with Gasteiger partial charge in [0.25, 0.3) is 0 Å². The van der Waals surface area contributed by atoms with E-state index in [9.17, 15) is 0 Å². The van der Waals surface area contributed by atoms with Crippen molar-refractivity contribution in [1.82, 2.24) is 10.1 Å². The molecule has 0 unspecified atom stereocenters. The summed E-state index contributed by atoms with van der Waals surface area (Å²) in [5, 5.41) is 10.2. The van der Waals surface area contributed by atoms with Gasteiger partial charge in [0, 0.05) is 32.2 Å². The van der Waals surface area contributed by atoms with Crippen molar-refractivity contribution in [2.24, 2.45) is 0 Å². The Hall–Kier alpha value is -3.95. The maximum absolute atomic E-state index is 15.3. The molecular weight excluding hydrogens is 499 g/mol. The van der Waals surface area contributed by atoms with Gasteiger partial charge in [0.15, 0.2) is 10.9 Å². The van der Waals surface area contributed by atoms with Gasteiger partial charge in [-0.05, 0) is 43.3 Å². The number of aryl methyl sites for hydroxylation is 2. The van der Waals surface area contributed by atoms with Gasteiger partial charge in [-0.25, -0.2) is 4.39 Å². The molecule has 0 radical (unpaired) electrons. The predicted molar refractivity (Wildman–Crippen MR) is 155 cm³/mol. The lowest BCUT2D eigenvalue weighted by Crippen LogP contribution is -2.48. The summed E-state index contributed by atoms with van der Waals surface area (Å²) in [6.07, 6.45) is 0. The Morgan fingerprint density at radius 1 is 0.947 bits per heavy atom. The molecule has 3 aromatic carbocycles. The van der Waals surface area contributed by atoms with Crippen LogP contribution in [-0.2, 0) is 0 Å². The van der Waals surface area contributed by atoms with E-state index in [1.807, 2.05) is 19.1 Å². The third-order valence-corrected chi connectivity index (χ3v) is 7.09. The van der Waals surface area contributed by atoms with Crippen molar-refractivity contribution in [3.8, 4) is 0 Å². The number of nitrogens with one attached hydrogen (secondary N) is 2. The van der Waals surface area contributed by atoms with Gasteiger partial charge in [-0.15, -0.1) is 0 Å². The van der Waals surface area contributed by atoms with E-state index >= 15 is 4.39 Å². The van der Waals surface area contributed by atoms with E-state index in [0.29, 0.717) is 47.3 Å². The van der Waals surface area contributed by atoms with Crippen LogP contribution < -0.4 is 21.3 Å². The van der Waals surface area contributed by atoms with Gasteiger partial charge < -0.3 is 25.8 Å². The van der Waals surface area contributed by atoms with Crippen molar-refractivity contribution < 1.29 is 8.91 Å². The highest BCUT2D eigenvalue weighted by Crippen LogP contribution is 2.33. The van der Waals surface area contributed by atoms with E-state index in [-0.39, 0.29) is 17.0 Å². The minimum Gasteiger partial charge on any atom is -0.397 e. The number of aromatic nitrogens is 1. The number of halogens is 1. The molecule has 0 amide bonds. The Morgan fingerprint density at radius 2 is 1.55 bits per heavy atom. The summed E-state index contributed by atoms with van der Waals surface area (Å²) in [5.74, 6) is 0.264. The molecule has 0 bridgehead atoms. The van der Waals surface area contributed by atoms with Gasteiger partial charge in [0.05, 0.1) is 23.1 Å². The highest BCUT2D eigenvalue weighted by Gasteiger charge is 2.27. The van der Waals surface area contributed by atoms with Gasteiger partial charge >= 0.3 is 0 Å². The first-order chi connectivity index (χ1) is 18.4. The van der Waals surface area contributed by atoms with E-state index in [4.69, 9.17) is 22.5 Å². The molecule has 38 heavy (non-hydrogen) atoms. The number of nitrogens with two attached hydrogens (primary N) is 1. The van der Waals surface area contributed by atoms with Crippen LogP contribution in [0, 0.1) is 19.7 Å². The summed E-state index contributed by atoms with van der Waals surface area (Å²) in [4.78, 5) is 4.51. The second-order valence-corrected chi connectivity index (χ2v) is 9.82. The summed E-state index contributed by atoms with van der Waals surface area (Å²) < 4.78 is 20.5. The third kappa shape index (κ3) is 5.49. The van der Waals surface area contributed by atoms with Crippen molar-refractivity contribution >= 4 is 40.1 Å². The van der Waals surface area contributed by atoms with Crippen LogP contribution in [0.5, 0.6) is 0 Å². The zero-order valence-electron chi connectivity index (χ0n) is 21.4. The molecule has 9 heteroatoms. The molecule has 4 N–H and O–H groups in total. The first-order valence-corrected chi connectivity index (χ1v) is 13.0. The number of piperazine rings is 1. The first-order valence-electron chi connectivity index (χ1n) is 12.6. The average Bonchev–Trinajstić information content (AvgIpc) is 3.24. The number of hydrogen-bond acceptors (Lipinski definition) is 6. The standard InChI is InChI=1S/C29H31FN6OS/c1-19-27(20(2)37-34-19)33-29(38)32-25-17-23(30)26(18-24(25)31)35-13-15-36(16-14-35)28(21-9-5-3-6-10-21)22-11-7-4-8-12-22/h3-12,17-18,28H,13-16,31H2,1-2H3,(H2,32,33,38). The predicted octanol–water partition coefficient (Wildman–Crippen LogP) is 5.73. The van der Waals surface area contributed by atoms with Crippen LogP contribution in [0.4, 0.5) is 27.1 Å². The fourth-order valence-electron chi connectivity index (χ4n) is 4.96. The van der Waals surface area contributed by atoms with Gasteiger partial charge in [0.1, 0.15) is 17.2 Å². The molecule has 1 aromatic heterocycles. The topological polar surface area (TPSA) is 82.6 Å². The van der Waals surface area contributed by atoms with Crippen LogP contribution in [0.15, 0.2) is 77.3 Å². The van der Waals surface area contributed by atoms with Crippen LogP contribution in [0.2, 0.25) is 0 Å². The lowest BCUT2D eigenvalue weighted by Gasteiger charge is -2.41. The van der Waals surface area contributed by atoms with Gasteiger partial charge in [-0.3, -0.25) is 4.90 Å². The number of hydrogen-bond donors (Lipinski definition) is 3. The molecule has 5 rings (SSSR count). The molecule has 0 spiro atoms. The van der Waals surface area contributed by atoms with Crippen molar-refractivity contribution in [3.63, 3.8) is 0 Å². The summed E-state index contributed by atoms with van der Waals surface area (Å²) in [6, 6.07) is 24.3. The molecule has 0 aliphatic carbocycles. The summed E-state index contributed by atoms with van der Waals surface area (Å²) >= 11 is 5.40. The normalized spacial score (nSPS) is 14.1. The quantitative estimate of drug-likeness (QED) is 0.215. The first kappa shape index (κ1) is 25.7. The zero-order valence-corrected chi connectivity index (χ0v) is 22.3. The Bertz CT molecular complexity index is 1340. The molecule has 1 aliphatic heterocycles. The SMILES string of the molecule is Cc1noc(C)c1NC(=S)Nc1cc(F)c(N2CCN(C(c3ccccc3)c3ccccc3)CC2)cc1N. The molecule has 7 nitrogen and oxygen atoms in total. The number of benzene rings is 3. The van der Waals surface area contributed by atoms with Crippen LogP contribution in [0.1, 0.15) is 28.6 Å². The monoisotopic (exact) mass is 530 g/mol. The van der Waals surface area contributed by atoms with Crippen LogP contribution in [-0.4, -0.2) is 41.3 Å². The Kier molecular flexibility index (Phi) is 7.57. The molecule has 2 heterocycles. The molecular formula is C29H31FN6OS. The van der Waals surface area contributed by atoms with Gasteiger partial charge in [-0.1, -0.05) is 65.8 Å². The second-order valence-electron chi connectivity index (χ2n) is 9.42. The zero-order chi connectivity index (χ0) is 26.6. The molecule has 196 valence electrons. The lowest BCUT2D eigenvalue weighted by molar-refractivity contribution is 0.212. The average molecular weight is 531 g/mol. The molecule has 1 aliphatic rings. The third-order valence-electron chi connectivity index (χ3n) is 6.89. The summed E-state index contributed by atoms with van der Waals surface area (Å²) in [6.45, 7) is 6.55. The van der Waals surface area contributed by atoms with Crippen molar-refractivity contribution in [3.05, 3.63) is 101 Å². The van der Waals surface area contributed by atoms with E-state index in [1.54, 1.807) is 13.0 Å². The van der Waals surface area contributed by atoms with Crippen LogP contribution in [0.3, 0.4) is 0 Å². The summed E-state index contributed by atoms with van der Waals surface area (Å²) in [5.41, 5.74) is 11.5. The number of nitrogen functional groups attached to an aromatic ring is 1. The van der Waals surface area contributed by atoms with Crippen molar-refractivity contribution in [1.29, 1.82) is 0 Å². The molecule has 1 saturated heterocycles. The van der Waals surface area contributed by atoms with Gasteiger partial charge in [-0.2, -0.15) is 0 Å². The molecule has 4 aromatic rings. The number of nitrogens with zero attached hydrogens (tertiary/aromatic N) is 3. The Labute approximate surface area is 227 Å². The Balaban J connectivity index is 1.28. The van der Waals surface area contributed by atoms with Crippen molar-refractivity contribution in [2.45, 2.75) is 19.9 Å². The van der Waals surface area contributed by atoms with Crippen LogP contribution >= 0.6 is 12.2 Å². The molecule has 1 fully saturated rings. The highest BCUT2D eigenvalue weighted by molar-refractivity contribution is 7.80. The minimum atomic E-state index is -0.349. The minimum absolute atomic E-state index is 0.146. The molecule has 0 saturated carbocycles. The number of thiocarbonyl (C=S) groups is 1. The van der Waals surface area contributed by atoms with E-state index < -0.39 is 0 Å². The fraction of sp³-hybridized carbons (Fsp3) is 0.241. The fourth-order valence-corrected chi connectivity index (χ4v) is 5.17.